The van der Waals surface area contributed by atoms with Crippen LogP contribution in [0.5, 0.6) is 0 Å². The second-order valence-corrected chi connectivity index (χ2v) is 10.2. The van der Waals surface area contributed by atoms with Crippen LogP contribution in [0.1, 0.15) is 29.8 Å². The summed E-state index contributed by atoms with van der Waals surface area (Å²) in [5.74, 6) is -0.283. The topological polar surface area (TPSA) is 134 Å². The second-order valence-electron chi connectivity index (χ2n) is 10.2. The SMILES string of the molecule is CN(C)CC(C)(C)CN(Cc1ccc(C(=O)Nc2ccccc2N)cc1)C(=O)Nc1ccc([N+](=O)[O-])cc1. The Balaban J connectivity index is 1.75. The summed E-state index contributed by atoms with van der Waals surface area (Å²) in [5.41, 5.74) is 8.45. The van der Waals surface area contributed by atoms with Crippen molar-refractivity contribution in [2.75, 3.05) is 43.6 Å². The minimum absolute atomic E-state index is 0.0500. The highest BCUT2D eigenvalue weighted by Gasteiger charge is 2.26. The molecule has 0 aliphatic carbocycles. The number of carbonyl (C=O) groups is 2. The van der Waals surface area contributed by atoms with Gasteiger partial charge in [-0.2, -0.15) is 0 Å². The maximum absolute atomic E-state index is 13.3. The van der Waals surface area contributed by atoms with Gasteiger partial charge in [0.1, 0.15) is 0 Å². The summed E-state index contributed by atoms with van der Waals surface area (Å²) in [6.07, 6.45) is 0. The summed E-state index contributed by atoms with van der Waals surface area (Å²) < 4.78 is 0. The Labute approximate surface area is 222 Å². The third kappa shape index (κ3) is 8.04. The van der Waals surface area contributed by atoms with Gasteiger partial charge in [-0.25, -0.2) is 4.79 Å². The van der Waals surface area contributed by atoms with Crippen LogP contribution in [0.3, 0.4) is 0 Å². The Morgan fingerprint density at radius 1 is 0.921 bits per heavy atom. The van der Waals surface area contributed by atoms with E-state index in [2.05, 4.69) is 29.4 Å². The molecule has 0 radical (unpaired) electrons. The van der Waals surface area contributed by atoms with Gasteiger partial charge >= 0.3 is 6.03 Å². The fourth-order valence-corrected chi connectivity index (χ4v) is 4.28. The number of hydrogen-bond acceptors (Lipinski definition) is 6. The zero-order chi connectivity index (χ0) is 27.9. The standard InChI is InChI=1S/C28H34N6O4/c1-28(2,18-32(3)4)19-33(27(36)30-22-13-15-23(16-14-22)34(37)38)17-20-9-11-21(12-10-20)26(35)31-25-8-6-5-7-24(25)29/h5-16H,17-19,29H2,1-4H3,(H,30,36)(H,31,35). The maximum atomic E-state index is 13.3. The number of carbonyl (C=O) groups excluding carboxylic acids is 2. The van der Waals surface area contributed by atoms with Crippen molar-refractivity contribution < 1.29 is 14.5 Å². The number of benzene rings is 3. The summed E-state index contributed by atoms with van der Waals surface area (Å²) in [4.78, 5) is 40.2. The number of anilines is 3. The zero-order valence-corrected chi connectivity index (χ0v) is 22.1. The number of nitrogens with one attached hydrogen (secondary N) is 2. The highest BCUT2D eigenvalue weighted by molar-refractivity contribution is 6.05. The first-order chi connectivity index (χ1) is 17.9. The number of rotatable bonds is 10. The smallest absolute Gasteiger partial charge is 0.322 e. The molecule has 3 aromatic rings. The molecule has 0 fully saturated rings. The molecule has 38 heavy (non-hydrogen) atoms. The summed E-state index contributed by atoms with van der Waals surface area (Å²) in [7, 11) is 3.96. The molecule has 0 aliphatic heterocycles. The van der Waals surface area contributed by atoms with E-state index >= 15 is 0 Å². The Bertz CT molecular complexity index is 1270. The Morgan fingerprint density at radius 2 is 1.55 bits per heavy atom. The summed E-state index contributed by atoms with van der Waals surface area (Å²) in [5, 5.41) is 16.6. The van der Waals surface area contributed by atoms with Gasteiger partial charge in [0.15, 0.2) is 0 Å². The van der Waals surface area contributed by atoms with Crippen LogP contribution < -0.4 is 16.4 Å². The lowest BCUT2D eigenvalue weighted by atomic mass is 9.92. The van der Waals surface area contributed by atoms with E-state index < -0.39 is 4.92 Å². The van der Waals surface area contributed by atoms with Crippen LogP contribution in [0.25, 0.3) is 0 Å². The third-order valence-corrected chi connectivity index (χ3v) is 5.78. The zero-order valence-electron chi connectivity index (χ0n) is 22.1. The lowest BCUT2D eigenvalue weighted by Gasteiger charge is -2.34. The van der Waals surface area contributed by atoms with E-state index in [0.717, 1.165) is 12.1 Å². The highest BCUT2D eigenvalue weighted by atomic mass is 16.6. The molecule has 0 bridgehead atoms. The molecule has 10 heteroatoms. The Kier molecular flexibility index (Phi) is 9.03. The van der Waals surface area contributed by atoms with Gasteiger partial charge < -0.3 is 26.2 Å². The van der Waals surface area contributed by atoms with Gasteiger partial charge in [-0.1, -0.05) is 38.1 Å². The molecule has 0 saturated carbocycles. The van der Waals surface area contributed by atoms with E-state index in [0.29, 0.717) is 35.7 Å². The molecule has 3 aromatic carbocycles. The average molecular weight is 519 g/mol. The van der Waals surface area contributed by atoms with Crippen molar-refractivity contribution in [3.63, 3.8) is 0 Å². The Morgan fingerprint density at radius 3 is 2.13 bits per heavy atom. The lowest BCUT2D eigenvalue weighted by Crippen LogP contribution is -2.44. The summed E-state index contributed by atoms with van der Waals surface area (Å²) in [6, 6.07) is 19.5. The maximum Gasteiger partial charge on any atom is 0.322 e. The van der Waals surface area contributed by atoms with Crippen LogP contribution in [-0.2, 0) is 6.54 Å². The van der Waals surface area contributed by atoms with Gasteiger partial charge in [-0.15, -0.1) is 0 Å². The minimum atomic E-state index is -0.486. The van der Waals surface area contributed by atoms with Crippen molar-refractivity contribution in [3.05, 3.63) is 94.0 Å². The molecule has 3 amide bonds. The molecule has 4 N–H and O–H groups in total. The molecule has 0 aromatic heterocycles. The van der Waals surface area contributed by atoms with Gasteiger partial charge in [0.2, 0.25) is 0 Å². The minimum Gasteiger partial charge on any atom is -0.397 e. The number of nitrogens with two attached hydrogens (primary N) is 1. The van der Waals surface area contributed by atoms with Gasteiger partial charge in [0.25, 0.3) is 11.6 Å². The number of amides is 3. The van der Waals surface area contributed by atoms with Crippen molar-refractivity contribution in [1.82, 2.24) is 9.80 Å². The average Bonchev–Trinajstić information content (AvgIpc) is 2.84. The largest absolute Gasteiger partial charge is 0.397 e. The Hall–Kier alpha value is -4.44. The number of nitrogens with zero attached hydrogens (tertiary/aromatic N) is 3. The quantitative estimate of drug-likeness (QED) is 0.195. The van der Waals surface area contributed by atoms with Crippen molar-refractivity contribution >= 4 is 34.7 Å². The monoisotopic (exact) mass is 518 g/mol. The molecule has 0 heterocycles. The molecule has 200 valence electrons. The van der Waals surface area contributed by atoms with Crippen molar-refractivity contribution in [3.8, 4) is 0 Å². The van der Waals surface area contributed by atoms with Gasteiger partial charge in [-0.3, -0.25) is 14.9 Å². The van der Waals surface area contributed by atoms with Crippen LogP contribution in [-0.4, -0.2) is 53.8 Å². The summed E-state index contributed by atoms with van der Waals surface area (Å²) in [6.45, 7) is 5.70. The fraction of sp³-hybridized carbons (Fsp3) is 0.286. The molecular weight excluding hydrogens is 484 g/mol. The third-order valence-electron chi connectivity index (χ3n) is 5.78. The molecule has 0 atom stereocenters. The number of hydrogen-bond donors (Lipinski definition) is 3. The number of nitrogen functional groups attached to an aromatic ring is 1. The number of non-ortho nitro benzene ring substituents is 1. The van der Waals surface area contributed by atoms with Crippen molar-refractivity contribution in [2.24, 2.45) is 5.41 Å². The van der Waals surface area contributed by atoms with Crippen molar-refractivity contribution in [1.29, 1.82) is 0 Å². The number of nitro groups is 1. The second kappa shape index (κ2) is 12.2. The predicted octanol–water partition coefficient (Wildman–Crippen LogP) is 5.05. The number of urea groups is 1. The van der Waals surface area contributed by atoms with E-state index in [4.69, 9.17) is 5.73 Å². The molecule has 0 aliphatic rings. The molecule has 0 saturated heterocycles. The number of nitro benzene ring substituents is 1. The van der Waals surface area contributed by atoms with Crippen LogP contribution in [0.2, 0.25) is 0 Å². The van der Waals surface area contributed by atoms with E-state index in [9.17, 15) is 19.7 Å². The van der Waals surface area contributed by atoms with Gasteiger partial charge in [-0.05, 0) is 61.5 Å². The molecule has 0 spiro atoms. The predicted molar refractivity (Wildman–Crippen MR) is 150 cm³/mol. The van der Waals surface area contributed by atoms with E-state index in [1.54, 1.807) is 41.3 Å². The van der Waals surface area contributed by atoms with E-state index in [-0.39, 0.29) is 23.0 Å². The molecule has 10 nitrogen and oxygen atoms in total. The summed E-state index contributed by atoms with van der Waals surface area (Å²) >= 11 is 0. The normalized spacial score (nSPS) is 11.2. The van der Waals surface area contributed by atoms with E-state index in [1.807, 2.05) is 26.2 Å². The first-order valence-corrected chi connectivity index (χ1v) is 12.1. The fourth-order valence-electron chi connectivity index (χ4n) is 4.28. The van der Waals surface area contributed by atoms with Crippen LogP contribution in [0.4, 0.5) is 27.5 Å². The molecule has 0 unspecified atom stereocenters. The van der Waals surface area contributed by atoms with Crippen molar-refractivity contribution in [2.45, 2.75) is 20.4 Å². The van der Waals surface area contributed by atoms with Gasteiger partial charge in [0, 0.05) is 43.0 Å². The number of para-hydroxylation sites is 2. The lowest BCUT2D eigenvalue weighted by molar-refractivity contribution is -0.384. The van der Waals surface area contributed by atoms with Crippen LogP contribution >= 0.6 is 0 Å². The first-order valence-electron chi connectivity index (χ1n) is 12.1. The molecule has 3 rings (SSSR count). The van der Waals surface area contributed by atoms with E-state index in [1.165, 1.54) is 24.3 Å². The highest BCUT2D eigenvalue weighted by Crippen LogP contribution is 2.22. The van der Waals surface area contributed by atoms with Crippen LogP contribution in [0, 0.1) is 15.5 Å². The van der Waals surface area contributed by atoms with Crippen LogP contribution in [0.15, 0.2) is 72.8 Å². The molecular formula is C28H34N6O4. The van der Waals surface area contributed by atoms with Gasteiger partial charge in [0.05, 0.1) is 16.3 Å². The first kappa shape index (κ1) is 28.1.